The van der Waals surface area contributed by atoms with E-state index in [0.29, 0.717) is 30.1 Å². The second-order valence-corrected chi connectivity index (χ2v) is 6.17. The second kappa shape index (κ2) is 8.42. The summed E-state index contributed by atoms with van der Waals surface area (Å²) in [6, 6.07) is 6.87. The number of rotatable bonds is 7. The lowest BCUT2D eigenvalue weighted by Gasteiger charge is -2.12. The Morgan fingerprint density at radius 3 is 2.88 bits per heavy atom. The van der Waals surface area contributed by atoms with E-state index in [0.717, 1.165) is 5.01 Å². The largest absolute Gasteiger partial charge is 0.484 e. The maximum absolute atomic E-state index is 12.2. The maximum atomic E-state index is 12.2. The third kappa shape index (κ3) is 5.04. The number of hydrogen-bond acceptors (Lipinski definition) is 6. The summed E-state index contributed by atoms with van der Waals surface area (Å²) in [5.41, 5.74) is 6.41. The van der Waals surface area contributed by atoms with Gasteiger partial charge in [-0.2, -0.15) is 0 Å². The van der Waals surface area contributed by atoms with Crippen LogP contribution >= 0.6 is 11.3 Å². The van der Waals surface area contributed by atoms with Gasteiger partial charge < -0.3 is 20.7 Å². The van der Waals surface area contributed by atoms with Crippen molar-refractivity contribution in [1.82, 2.24) is 9.88 Å². The fourth-order valence-electron chi connectivity index (χ4n) is 1.79. The van der Waals surface area contributed by atoms with Crippen LogP contribution in [0.3, 0.4) is 0 Å². The predicted octanol–water partition coefficient (Wildman–Crippen LogP) is 1.36. The van der Waals surface area contributed by atoms with Crippen LogP contribution in [-0.4, -0.2) is 48.9 Å². The molecule has 0 spiro atoms. The Kier molecular flexibility index (Phi) is 6.28. The van der Waals surface area contributed by atoms with Crippen molar-refractivity contribution in [3.05, 3.63) is 40.3 Å². The second-order valence-electron chi connectivity index (χ2n) is 5.22. The quantitative estimate of drug-likeness (QED) is 0.787. The highest BCUT2D eigenvalue weighted by molar-refractivity contribution is 7.09. The highest BCUT2D eigenvalue weighted by Gasteiger charge is 2.11. The molecule has 0 fully saturated rings. The van der Waals surface area contributed by atoms with Crippen LogP contribution in [0, 0.1) is 0 Å². The van der Waals surface area contributed by atoms with Crippen molar-refractivity contribution in [2.45, 2.75) is 6.42 Å². The van der Waals surface area contributed by atoms with Gasteiger partial charge >= 0.3 is 0 Å². The molecule has 1 aromatic heterocycles. The van der Waals surface area contributed by atoms with E-state index in [1.165, 1.54) is 16.2 Å². The summed E-state index contributed by atoms with van der Waals surface area (Å²) in [5.74, 6) is 0.0699. The summed E-state index contributed by atoms with van der Waals surface area (Å²) in [4.78, 5) is 29.4. The standard InChI is InChI=1S/C16H20N4O3S/c1-20(2)15(21)9-23-12-5-3-4-11(8-12)18-16(22)13-10-24-14(19-13)6-7-17/h3-5,8,10H,6-7,9,17H2,1-2H3,(H,18,22). The van der Waals surface area contributed by atoms with Crippen LogP contribution in [0.15, 0.2) is 29.6 Å². The number of nitrogens with zero attached hydrogens (tertiary/aromatic N) is 2. The molecule has 1 aromatic carbocycles. The molecule has 128 valence electrons. The summed E-state index contributed by atoms with van der Waals surface area (Å²) in [6.45, 7) is 0.443. The van der Waals surface area contributed by atoms with Crippen molar-refractivity contribution < 1.29 is 14.3 Å². The Morgan fingerprint density at radius 1 is 1.38 bits per heavy atom. The molecular weight excluding hydrogens is 328 g/mol. The van der Waals surface area contributed by atoms with Crippen molar-refractivity contribution in [3.8, 4) is 5.75 Å². The molecule has 8 heteroatoms. The lowest BCUT2D eigenvalue weighted by atomic mass is 10.3. The van der Waals surface area contributed by atoms with Gasteiger partial charge in [-0.25, -0.2) is 4.98 Å². The fraction of sp³-hybridized carbons (Fsp3) is 0.312. The van der Waals surface area contributed by atoms with E-state index in [-0.39, 0.29) is 18.4 Å². The topological polar surface area (TPSA) is 97.5 Å². The zero-order chi connectivity index (χ0) is 17.5. The number of nitrogens with one attached hydrogen (secondary N) is 1. The normalized spacial score (nSPS) is 10.3. The third-order valence-corrected chi connectivity index (χ3v) is 4.00. The molecule has 7 nitrogen and oxygen atoms in total. The molecule has 0 aliphatic heterocycles. The molecule has 0 bridgehead atoms. The van der Waals surface area contributed by atoms with Crippen LogP contribution in [-0.2, 0) is 11.2 Å². The molecule has 2 aromatic rings. The van der Waals surface area contributed by atoms with Gasteiger partial charge in [0.05, 0.1) is 5.01 Å². The first kappa shape index (κ1) is 17.9. The molecule has 0 unspecified atom stereocenters. The van der Waals surface area contributed by atoms with Gasteiger partial charge in [0.1, 0.15) is 11.4 Å². The molecule has 24 heavy (non-hydrogen) atoms. The van der Waals surface area contributed by atoms with E-state index in [9.17, 15) is 9.59 Å². The summed E-state index contributed by atoms with van der Waals surface area (Å²) >= 11 is 1.41. The summed E-state index contributed by atoms with van der Waals surface area (Å²) < 4.78 is 5.42. The van der Waals surface area contributed by atoms with Crippen LogP contribution in [0.25, 0.3) is 0 Å². The number of carbonyl (C=O) groups excluding carboxylic acids is 2. The van der Waals surface area contributed by atoms with Gasteiger partial charge in [0.25, 0.3) is 11.8 Å². The van der Waals surface area contributed by atoms with Crippen LogP contribution < -0.4 is 15.8 Å². The first-order valence-electron chi connectivity index (χ1n) is 7.38. The molecule has 2 rings (SSSR count). The molecule has 1 heterocycles. The first-order chi connectivity index (χ1) is 11.5. The zero-order valence-corrected chi connectivity index (χ0v) is 14.4. The minimum atomic E-state index is -0.295. The number of nitrogens with two attached hydrogens (primary N) is 1. The third-order valence-electron chi connectivity index (χ3n) is 3.10. The van der Waals surface area contributed by atoms with Crippen LogP contribution in [0.4, 0.5) is 5.69 Å². The van der Waals surface area contributed by atoms with Gasteiger partial charge in [-0.1, -0.05) is 6.07 Å². The van der Waals surface area contributed by atoms with Gasteiger partial charge in [-0.05, 0) is 18.7 Å². The van der Waals surface area contributed by atoms with Gasteiger partial charge in [0.15, 0.2) is 6.61 Å². The molecule has 0 saturated heterocycles. The number of aromatic nitrogens is 1. The van der Waals surface area contributed by atoms with Crippen molar-refractivity contribution in [2.24, 2.45) is 5.73 Å². The summed E-state index contributed by atoms with van der Waals surface area (Å²) in [5, 5.41) is 5.30. The lowest BCUT2D eigenvalue weighted by Crippen LogP contribution is -2.27. The first-order valence-corrected chi connectivity index (χ1v) is 8.26. The number of ether oxygens (including phenoxy) is 1. The molecule has 0 saturated carbocycles. The molecule has 0 aliphatic carbocycles. The Bertz CT molecular complexity index is 715. The number of amides is 2. The van der Waals surface area contributed by atoms with Gasteiger partial charge in [0, 0.05) is 37.6 Å². The SMILES string of the molecule is CN(C)C(=O)COc1cccc(NC(=O)c2csc(CCN)n2)c1. The monoisotopic (exact) mass is 348 g/mol. The van der Waals surface area contributed by atoms with E-state index in [1.807, 2.05) is 0 Å². The Labute approximate surface area is 144 Å². The average Bonchev–Trinajstić information content (AvgIpc) is 3.02. The Hall–Kier alpha value is -2.45. The fourth-order valence-corrected chi connectivity index (χ4v) is 2.58. The summed E-state index contributed by atoms with van der Waals surface area (Å²) in [6.07, 6.45) is 0.654. The number of thiazole rings is 1. The molecular formula is C16H20N4O3S. The minimum absolute atomic E-state index is 0.0566. The van der Waals surface area contributed by atoms with Crippen molar-refractivity contribution >= 4 is 28.8 Å². The molecule has 0 aliphatic rings. The van der Waals surface area contributed by atoms with E-state index in [1.54, 1.807) is 43.7 Å². The minimum Gasteiger partial charge on any atom is -0.484 e. The van der Waals surface area contributed by atoms with Crippen molar-refractivity contribution in [3.63, 3.8) is 0 Å². The van der Waals surface area contributed by atoms with Crippen LogP contribution in [0.2, 0.25) is 0 Å². The lowest BCUT2D eigenvalue weighted by molar-refractivity contribution is -0.130. The number of hydrogen-bond donors (Lipinski definition) is 2. The predicted molar refractivity (Wildman–Crippen MR) is 93.5 cm³/mol. The molecule has 0 radical (unpaired) electrons. The van der Waals surface area contributed by atoms with E-state index >= 15 is 0 Å². The number of carbonyl (C=O) groups is 2. The number of benzene rings is 1. The van der Waals surface area contributed by atoms with Crippen molar-refractivity contribution in [1.29, 1.82) is 0 Å². The maximum Gasteiger partial charge on any atom is 0.275 e. The van der Waals surface area contributed by atoms with E-state index in [4.69, 9.17) is 10.5 Å². The van der Waals surface area contributed by atoms with Gasteiger partial charge in [-0.3, -0.25) is 9.59 Å². The van der Waals surface area contributed by atoms with Crippen LogP contribution in [0.1, 0.15) is 15.5 Å². The van der Waals surface area contributed by atoms with Crippen molar-refractivity contribution in [2.75, 3.05) is 32.6 Å². The molecule has 0 atom stereocenters. The van der Waals surface area contributed by atoms with Crippen LogP contribution in [0.5, 0.6) is 5.75 Å². The van der Waals surface area contributed by atoms with Gasteiger partial charge in [0.2, 0.25) is 0 Å². The Morgan fingerprint density at radius 2 is 2.17 bits per heavy atom. The summed E-state index contributed by atoms with van der Waals surface area (Å²) in [7, 11) is 3.32. The van der Waals surface area contributed by atoms with Gasteiger partial charge in [-0.15, -0.1) is 11.3 Å². The molecule has 3 N–H and O–H groups in total. The number of likely N-dealkylation sites (N-methyl/N-ethyl adjacent to an activating group) is 1. The molecule has 2 amide bonds. The number of anilines is 1. The highest BCUT2D eigenvalue weighted by Crippen LogP contribution is 2.19. The van der Waals surface area contributed by atoms with E-state index in [2.05, 4.69) is 10.3 Å². The average molecular weight is 348 g/mol. The smallest absolute Gasteiger partial charge is 0.275 e. The Balaban J connectivity index is 1.97. The van der Waals surface area contributed by atoms with E-state index < -0.39 is 0 Å². The highest BCUT2D eigenvalue weighted by atomic mass is 32.1. The zero-order valence-electron chi connectivity index (χ0n) is 13.6.